The molecule has 140 valence electrons. The number of benzene rings is 2. The molecule has 1 saturated heterocycles. The number of rotatable bonds is 5. The fourth-order valence-electron chi connectivity index (χ4n) is 3.11. The van der Waals surface area contributed by atoms with Gasteiger partial charge in [0.25, 0.3) is 0 Å². The summed E-state index contributed by atoms with van der Waals surface area (Å²) in [5.41, 5.74) is 1.14. The van der Waals surface area contributed by atoms with Gasteiger partial charge in [0.1, 0.15) is 10.6 Å². The van der Waals surface area contributed by atoms with Crippen molar-refractivity contribution in [1.29, 1.82) is 0 Å². The van der Waals surface area contributed by atoms with Gasteiger partial charge < -0.3 is 9.64 Å². The van der Waals surface area contributed by atoms with Crippen LogP contribution in [0.3, 0.4) is 0 Å². The van der Waals surface area contributed by atoms with Crippen LogP contribution in [-0.2, 0) is 10.0 Å². The first kappa shape index (κ1) is 17.4. The molecule has 0 atom stereocenters. The summed E-state index contributed by atoms with van der Waals surface area (Å²) >= 11 is 0. The van der Waals surface area contributed by atoms with Crippen LogP contribution in [0, 0.1) is 0 Å². The first-order valence-electron chi connectivity index (χ1n) is 8.45. The van der Waals surface area contributed by atoms with Gasteiger partial charge >= 0.3 is 0 Å². The van der Waals surface area contributed by atoms with Crippen molar-refractivity contribution in [3.05, 3.63) is 42.5 Å². The zero-order valence-corrected chi connectivity index (χ0v) is 15.2. The Kier molecular flexibility index (Phi) is 4.50. The number of aromatic nitrogens is 4. The lowest BCUT2D eigenvalue weighted by atomic mass is 10.1. The van der Waals surface area contributed by atoms with Gasteiger partial charge in [-0.1, -0.05) is 18.2 Å². The maximum absolute atomic E-state index is 12.3. The van der Waals surface area contributed by atoms with Crippen LogP contribution < -0.4 is 14.8 Å². The largest absolute Gasteiger partial charge is 0.454 e. The minimum absolute atomic E-state index is 0.115. The number of nitrogens with one attached hydrogen (secondary N) is 1. The Morgan fingerprint density at radius 3 is 2.48 bits per heavy atom. The number of hydrogen-bond acceptors (Lipinski definition) is 7. The zero-order valence-electron chi connectivity index (χ0n) is 14.4. The highest BCUT2D eigenvalue weighted by Crippen LogP contribution is 2.42. The van der Waals surface area contributed by atoms with Gasteiger partial charge in [0, 0.05) is 18.7 Å². The van der Waals surface area contributed by atoms with Crippen molar-refractivity contribution in [3.63, 3.8) is 0 Å². The van der Waals surface area contributed by atoms with E-state index in [4.69, 9.17) is 9.88 Å². The number of ether oxygens (including phenoxy) is 1. The molecule has 1 aromatic heterocycles. The van der Waals surface area contributed by atoms with Crippen molar-refractivity contribution >= 4 is 15.7 Å². The van der Waals surface area contributed by atoms with Crippen molar-refractivity contribution in [3.8, 4) is 22.9 Å². The molecule has 9 nitrogen and oxygen atoms in total. The Labute approximate surface area is 156 Å². The molecule has 0 spiro atoms. The van der Waals surface area contributed by atoms with Crippen LogP contribution in [0.15, 0.2) is 47.4 Å². The number of primary sulfonamides is 1. The predicted molar refractivity (Wildman–Crippen MR) is 98.9 cm³/mol. The highest BCUT2D eigenvalue weighted by molar-refractivity contribution is 7.89. The topological polar surface area (TPSA) is 127 Å². The van der Waals surface area contributed by atoms with Gasteiger partial charge in [-0.25, -0.2) is 13.6 Å². The number of nitrogens with two attached hydrogens (primary N) is 1. The molecule has 0 bridgehead atoms. The molecule has 1 fully saturated rings. The number of nitrogens with zero attached hydrogens (tertiary/aromatic N) is 4. The van der Waals surface area contributed by atoms with Crippen LogP contribution in [-0.4, -0.2) is 42.1 Å². The molecule has 3 N–H and O–H groups in total. The Morgan fingerprint density at radius 2 is 1.85 bits per heavy atom. The van der Waals surface area contributed by atoms with Gasteiger partial charge in [0.15, 0.2) is 5.75 Å². The third-order valence-corrected chi connectivity index (χ3v) is 5.27. The van der Waals surface area contributed by atoms with E-state index < -0.39 is 10.0 Å². The minimum atomic E-state index is -4.06. The van der Waals surface area contributed by atoms with Crippen molar-refractivity contribution in [2.45, 2.75) is 17.7 Å². The molecule has 27 heavy (non-hydrogen) atoms. The predicted octanol–water partition coefficient (Wildman–Crippen LogP) is 1.91. The molecule has 4 rings (SSSR count). The second-order valence-corrected chi connectivity index (χ2v) is 7.74. The summed E-state index contributed by atoms with van der Waals surface area (Å²) in [4.78, 5) is 1.96. The third kappa shape index (κ3) is 3.62. The maximum Gasteiger partial charge on any atom is 0.241 e. The Bertz CT molecular complexity index is 1030. The summed E-state index contributed by atoms with van der Waals surface area (Å²) in [6.07, 6.45) is 2.03. The molecular weight excluding hydrogens is 368 g/mol. The molecule has 0 aliphatic carbocycles. The molecule has 0 amide bonds. The lowest BCUT2D eigenvalue weighted by molar-refractivity contribution is 0.467. The van der Waals surface area contributed by atoms with E-state index >= 15 is 0 Å². The van der Waals surface area contributed by atoms with Crippen LogP contribution >= 0.6 is 0 Å². The number of sulfonamides is 1. The molecule has 0 radical (unpaired) electrons. The summed E-state index contributed by atoms with van der Waals surface area (Å²) in [5.74, 6) is 1.01. The van der Waals surface area contributed by atoms with Crippen LogP contribution in [0.4, 0.5) is 5.69 Å². The van der Waals surface area contributed by atoms with Crippen LogP contribution in [0.1, 0.15) is 12.8 Å². The van der Waals surface area contributed by atoms with Gasteiger partial charge in [-0.3, -0.25) is 0 Å². The maximum atomic E-state index is 12.3. The summed E-state index contributed by atoms with van der Waals surface area (Å²) in [6, 6.07) is 12.2. The number of hydrogen-bond donors (Lipinski definition) is 2. The fraction of sp³-hybridized carbons (Fsp3) is 0.235. The van der Waals surface area contributed by atoms with Crippen molar-refractivity contribution in [2.24, 2.45) is 5.14 Å². The third-order valence-electron chi connectivity index (χ3n) is 4.36. The van der Waals surface area contributed by atoms with E-state index in [-0.39, 0.29) is 16.5 Å². The van der Waals surface area contributed by atoms with E-state index in [1.54, 1.807) is 12.1 Å². The summed E-state index contributed by atoms with van der Waals surface area (Å²) in [7, 11) is -4.06. The first-order valence-corrected chi connectivity index (χ1v) is 9.99. The van der Waals surface area contributed by atoms with Gasteiger partial charge in [-0.2, -0.15) is 5.21 Å². The van der Waals surface area contributed by atoms with Gasteiger partial charge in [-0.05, 0) is 42.3 Å². The highest BCUT2D eigenvalue weighted by atomic mass is 32.2. The average molecular weight is 386 g/mol. The van der Waals surface area contributed by atoms with Crippen LogP contribution in [0.25, 0.3) is 11.4 Å². The average Bonchev–Trinajstić information content (AvgIpc) is 3.36. The number of H-pyrrole nitrogens is 1. The van der Waals surface area contributed by atoms with Crippen LogP contribution in [0.2, 0.25) is 0 Å². The van der Waals surface area contributed by atoms with Crippen molar-refractivity contribution < 1.29 is 13.2 Å². The molecule has 2 aromatic carbocycles. The van der Waals surface area contributed by atoms with E-state index in [0.29, 0.717) is 17.0 Å². The van der Waals surface area contributed by atoms with E-state index in [9.17, 15) is 8.42 Å². The number of aromatic amines is 1. The summed E-state index contributed by atoms with van der Waals surface area (Å²) in [5, 5.41) is 19.3. The van der Waals surface area contributed by atoms with E-state index in [1.807, 2.05) is 24.3 Å². The standard InChI is InChI=1S/C17H18N6O3S/c18-27(24,25)15-11-12(17-19-21-22-20-17)10-14(23-8-4-5-9-23)16(15)26-13-6-2-1-3-7-13/h1-3,6-7,10-11H,4-5,8-9H2,(H2,18,24,25)(H,19,20,21,22). The van der Waals surface area contributed by atoms with E-state index in [2.05, 4.69) is 25.5 Å². The molecule has 2 heterocycles. The highest BCUT2D eigenvalue weighted by Gasteiger charge is 2.27. The Hall–Kier alpha value is -2.98. The minimum Gasteiger partial charge on any atom is -0.454 e. The molecular formula is C17H18N6O3S. The van der Waals surface area contributed by atoms with Crippen LogP contribution in [0.5, 0.6) is 11.5 Å². The molecule has 0 saturated carbocycles. The van der Waals surface area contributed by atoms with Gasteiger partial charge in [0.2, 0.25) is 15.8 Å². The molecule has 3 aromatic rings. The van der Waals surface area contributed by atoms with E-state index in [0.717, 1.165) is 25.9 Å². The second-order valence-electron chi connectivity index (χ2n) is 6.21. The van der Waals surface area contributed by atoms with E-state index in [1.165, 1.54) is 6.07 Å². The number of anilines is 1. The first-order chi connectivity index (χ1) is 13.0. The summed E-state index contributed by atoms with van der Waals surface area (Å²) in [6.45, 7) is 1.59. The monoisotopic (exact) mass is 386 g/mol. The number of tetrazole rings is 1. The fourth-order valence-corrected chi connectivity index (χ4v) is 3.81. The number of para-hydroxylation sites is 1. The summed E-state index contributed by atoms with van der Waals surface area (Å²) < 4.78 is 30.7. The molecule has 1 aliphatic heterocycles. The quantitative estimate of drug-likeness (QED) is 0.685. The zero-order chi connectivity index (χ0) is 18.9. The molecule has 1 aliphatic rings. The van der Waals surface area contributed by atoms with Crippen molar-refractivity contribution in [2.75, 3.05) is 18.0 Å². The van der Waals surface area contributed by atoms with Gasteiger partial charge in [-0.15, -0.1) is 10.2 Å². The second kappa shape index (κ2) is 6.97. The Morgan fingerprint density at radius 1 is 1.11 bits per heavy atom. The Balaban J connectivity index is 1.93. The smallest absolute Gasteiger partial charge is 0.241 e. The SMILES string of the molecule is NS(=O)(=O)c1cc(-c2nn[nH]n2)cc(N2CCCC2)c1Oc1ccccc1. The molecule has 0 unspecified atom stereocenters. The lowest BCUT2D eigenvalue weighted by Crippen LogP contribution is -2.21. The lowest BCUT2D eigenvalue weighted by Gasteiger charge is -2.23. The molecule has 10 heteroatoms. The van der Waals surface area contributed by atoms with Gasteiger partial charge in [0.05, 0.1) is 5.69 Å². The van der Waals surface area contributed by atoms with Crippen molar-refractivity contribution in [1.82, 2.24) is 20.6 Å². The normalized spacial score (nSPS) is 14.5.